The van der Waals surface area contributed by atoms with Crippen molar-refractivity contribution in [1.29, 1.82) is 0 Å². The van der Waals surface area contributed by atoms with Crippen molar-refractivity contribution in [3.63, 3.8) is 0 Å². The zero-order valence-corrected chi connectivity index (χ0v) is 13.3. The lowest BCUT2D eigenvalue weighted by molar-refractivity contribution is 0.0794. The maximum Gasteiger partial charge on any atom is 0.255 e. The molecule has 114 valence electrons. The summed E-state index contributed by atoms with van der Waals surface area (Å²) in [5.74, 6) is 0.553. The Morgan fingerprint density at radius 1 is 1.50 bits per heavy atom. The molecule has 3 aromatic rings. The average Bonchev–Trinajstić information content (AvgIpc) is 3.15. The van der Waals surface area contributed by atoms with Gasteiger partial charge >= 0.3 is 0 Å². The van der Waals surface area contributed by atoms with E-state index >= 15 is 0 Å². The van der Waals surface area contributed by atoms with Gasteiger partial charge in [-0.25, -0.2) is 9.50 Å². The highest BCUT2D eigenvalue weighted by molar-refractivity contribution is 7.13. The fraction of sp³-hybridized carbons (Fsp3) is 0.267. The Labute approximate surface area is 132 Å². The van der Waals surface area contributed by atoms with Crippen LogP contribution in [-0.2, 0) is 0 Å². The highest BCUT2D eigenvalue weighted by atomic mass is 32.1. The van der Waals surface area contributed by atoms with E-state index in [1.807, 2.05) is 24.4 Å². The number of aromatic nitrogens is 3. The number of carbonyl (C=O) groups is 1. The van der Waals surface area contributed by atoms with Gasteiger partial charge < -0.3 is 10.6 Å². The summed E-state index contributed by atoms with van der Waals surface area (Å²) in [6.45, 7) is 2.74. The van der Waals surface area contributed by atoms with Crippen LogP contribution in [0.1, 0.15) is 23.7 Å². The zero-order chi connectivity index (χ0) is 15.7. The zero-order valence-electron chi connectivity index (χ0n) is 12.5. The molecule has 3 rings (SSSR count). The third-order valence-corrected chi connectivity index (χ3v) is 4.22. The van der Waals surface area contributed by atoms with Crippen LogP contribution >= 0.6 is 11.3 Å². The Morgan fingerprint density at radius 3 is 3.00 bits per heavy atom. The summed E-state index contributed by atoms with van der Waals surface area (Å²) < 4.78 is 1.58. The lowest BCUT2D eigenvalue weighted by Crippen LogP contribution is -2.27. The van der Waals surface area contributed by atoms with E-state index in [2.05, 4.69) is 10.1 Å². The molecule has 1 amide bonds. The van der Waals surface area contributed by atoms with Crippen LogP contribution in [0.5, 0.6) is 0 Å². The molecule has 22 heavy (non-hydrogen) atoms. The van der Waals surface area contributed by atoms with Crippen LogP contribution < -0.4 is 5.73 Å². The van der Waals surface area contributed by atoms with Crippen molar-refractivity contribution < 1.29 is 4.79 Å². The van der Waals surface area contributed by atoms with Crippen molar-refractivity contribution in [2.24, 2.45) is 0 Å². The summed E-state index contributed by atoms with van der Waals surface area (Å²) in [5.41, 5.74) is 7.58. The third kappa shape index (κ3) is 2.55. The van der Waals surface area contributed by atoms with Crippen LogP contribution in [0.25, 0.3) is 16.3 Å². The van der Waals surface area contributed by atoms with Gasteiger partial charge in [-0.05, 0) is 23.9 Å². The maximum absolute atomic E-state index is 12.4. The molecule has 0 aliphatic carbocycles. The highest BCUT2D eigenvalue weighted by Crippen LogP contribution is 2.24. The first kappa shape index (κ1) is 14.5. The van der Waals surface area contributed by atoms with Gasteiger partial charge in [0.15, 0.2) is 11.5 Å². The normalized spacial score (nSPS) is 11.0. The third-order valence-electron chi connectivity index (χ3n) is 3.36. The van der Waals surface area contributed by atoms with Gasteiger partial charge in [-0.15, -0.1) is 16.4 Å². The number of amides is 1. The van der Waals surface area contributed by atoms with Gasteiger partial charge in [-0.3, -0.25) is 4.79 Å². The van der Waals surface area contributed by atoms with E-state index in [4.69, 9.17) is 5.73 Å². The van der Waals surface area contributed by atoms with Gasteiger partial charge in [0.05, 0.1) is 16.1 Å². The van der Waals surface area contributed by atoms with Crippen molar-refractivity contribution in [2.45, 2.75) is 13.3 Å². The molecule has 2 N–H and O–H groups in total. The summed E-state index contributed by atoms with van der Waals surface area (Å²) in [5, 5.41) is 6.40. The second-order valence-electron chi connectivity index (χ2n) is 5.09. The minimum Gasteiger partial charge on any atom is -0.396 e. The summed E-state index contributed by atoms with van der Waals surface area (Å²) in [4.78, 5) is 19.5. The predicted molar refractivity (Wildman–Crippen MR) is 88.0 cm³/mol. The number of pyridine rings is 1. The topological polar surface area (TPSA) is 76.5 Å². The molecule has 0 bridgehead atoms. The van der Waals surface area contributed by atoms with Crippen LogP contribution in [0.15, 0.2) is 29.8 Å². The van der Waals surface area contributed by atoms with E-state index in [9.17, 15) is 4.79 Å². The molecule has 0 fully saturated rings. The lowest BCUT2D eigenvalue weighted by atomic mass is 10.2. The van der Waals surface area contributed by atoms with Gasteiger partial charge in [0, 0.05) is 19.8 Å². The first-order chi connectivity index (χ1) is 10.6. The summed E-state index contributed by atoms with van der Waals surface area (Å²) in [7, 11) is 1.78. The van der Waals surface area contributed by atoms with Crippen molar-refractivity contribution in [3.8, 4) is 10.7 Å². The number of carbonyl (C=O) groups excluding carboxylic acids is 1. The standard InChI is InChI=1S/C15H17N5OS/c1-3-6-19(2)15(21)10-8-11(16)14-17-13(18-20(14)9-10)12-5-4-7-22-12/h4-5,7-9H,3,6,16H2,1-2H3. The van der Waals surface area contributed by atoms with E-state index in [0.717, 1.165) is 11.3 Å². The number of nitrogens with two attached hydrogens (primary N) is 1. The van der Waals surface area contributed by atoms with Crippen molar-refractivity contribution in [1.82, 2.24) is 19.5 Å². The fourth-order valence-corrected chi connectivity index (χ4v) is 2.95. The van der Waals surface area contributed by atoms with Crippen molar-refractivity contribution in [3.05, 3.63) is 35.3 Å². The molecule has 0 saturated heterocycles. The number of nitrogen functional groups attached to an aromatic ring is 1. The van der Waals surface area contributed by atoms with Crippen LogP contribution in [0.2, 0.25) is 0 Å². The molecular weight excluding hydrogens is 298 g/mol. The SMILES string of the molecule is CCCN(C)C(=O)c1cc(N)c2nc(-c3cccs3)nn2c1. The number of thiophene rings is 1. The number of fused-ring (bicyclic) bond motifs is 1. The molecule has 6 nitrogen and oxygen atoms in total. The summed E-state index contributed by atoms with van der Waals surface area (Å²) in [6.07, 6.45) is 2.59. The highest BCUT2D eigenvalue weighted by Gasteiger charge is 2.16. The molecule has 0 atom stereocenters. The number of anilines is 1. The van der Waals surface area contributed by atoms with Crippen molar-refractivity contribution in [2.75, 3.05) is 19.3 Å². The van der Waals surface area contributed by atoms with E-state index in [1.165, 1.54) is 0 Å². The number of hydrogen-bond donors (Lipinski definition) is 1. The molecule has 0 radical (unpaired) electrons. The molecule has 0 aliphatic heterocycles. The molecule has 0 unspecified atom stereocenters. The molecule has 0 saturated carbocycles. The second-order valence-corrected chi connectivity index (χ2v) is 6.04. The molecule has 0 aromatic carbocycles. The quantitative estimate of drug-likeness (QED) is 0.802. The number of hydrogen-bond acceptors (Lipinski definition) is 5. The second kappa shape index (κ2) is 5.76. The Hall–Kier alpha value is -2.41. The average molecular weight is 315 g/mol. The number of rotatable bonds is 4. The molecule has 3 heterocycles. The van der Waals surface area contributed by atoms with E-state index in [1.54, 1.807) is 40.1 Å². The monoisotopic (exact) mass is 315 g/mol. The van der Waals surface area contributed by atoms with Gasteiger partial charge in [-0.2, -0.15) is 0 Å². The van der Waals surface area contributed by atoms with Gasteiger partial charge in [-0.1, -0.05) is 13.0 Å². The molecule has 0 spiro atoms. The van der Waals surface area contributed by atoms with Crippen LogP contribution in [0.3, 0.4) is 0 Å². The number of nitrogens with zero attached hydrogens (tertiary/aromatic N) is 4. The summed E-state index contributed by atoms with van der Waals surface area (Å²) in [6, 6.07) is 5.57. The Balaban J connectivity index is 2.03. The van der Waals surface area contributed by atoms with E-state index in [0.29, 0.717) is 29.3 Å². The molecule has 7 heteroatoms. The smallest absolute Gasteiger partial charge is 0.255 e. The molecule has 0 aliphatic rings. The first-order valence-electron chi connectivity index (χ1n) is 7.05. The Bertz CT molecular complexity index is 809. The minimum absolute atomic E-state index is 0.0661. The Kier molecular flexibility index (Phi) is 3.81. The van der Waals surface area contributed by atoms with Gasteiger partial charge in [0.25, 0.3) is 5.91 Å². The minimum atomic E-state index is -0.0661. The van der Waals surface area contributed by atoms with Crippen molar-refractivity contribution >= 4 is 28.6 Å². The lowest BCUT2D eigenvalue weighted by Gasteiger charge is -2.16. The molecule has 3 aromatic heterocycles. The Morgan fingerprint density at radius 2 is 2.32 bits per heavy atom. The summed E-state index contributed by atoms with van der Waals surface area (Å²) >= 11 is 1.56. The van der Waals surface area contributed by atoms with Crippen LogP contribution in [0.4, 0.5) is 5.69 Å². The van der Waals surface area contributed by atoms with E-state index < -0.39 is 0 Å². The molecular formula is C15H17N5OS. The van der Waals surface area contributed by atoms with Gasteiger partial charge in [0.1, 0.15) is 0 Å². The fourth-order valence-electron chi connectivity index (χ4n) is 2.30. The largest absolute Gasteiger partial charge is 0.396 e. The van der Waals surface area contributed by atoms with Crippen LogP contribution in [0, 0.1) is 0 Å². The predicted octanol–water partition coefficient (Wildman–Crippen LogP) is 2.52. The van der Waals surface area contributed by atoms with Crippen LogP contribution in [-0.4, -0.2) is 39.0 Å². The van der Waals surface area contributed by atoms with Gasteiger partial charge in [0.2, 0.25) is 0 Å². The first-order valence-corrected chi connectivity index (χ1v) is 7.93. The van der Waals surface area contributed by atoms with E-state index in [-0.39, 0.29) is 5.91 Å². The maximum atomic E-state index is 12.4.